The van der Waals surface area contributed by atoms with Gasteiger partial charge < -0.3 is 24.8 Å². The van der Waals surface area contributed by atoms with Crippen LogP contribution in [0.3, 0.4) is 0 Å². The molecule has 1 aliphatic heterocycles. The molecular formula is C39H61FN5O7P. The molecule has 3 N–H and O–H groups in total. The van der Waals surface area contributed by atoms with Crippen molar-refractivity contribution in [3.05, 3.63) is 59.3 Å². The van der Waals surface area contributed by atoms with Gasteiger partial charge >= 0.3 is 7.82 Å². The average Bonchev–Trinajstić information content (AvgIpc) is 3.82. The van der Waals surface area contributed by atoms with Gasteiger partial charge in [0.1, 0.15) is 29.9 Å². The number of hydrogen-bond acceptors (Lipinski definition) is 10. The fraction of sp³-hybridized carbons (Fsp3) is 0.667. The smallest absolute Gasteiger partial charge is 0.382 e. The van der Waals surface area contributed by atoms with Crippen molar-refractivity contribution in [3.8, 4) is 6.07 Å². The van der Waals surface area contributed by atoms with E-state index in [9.17, 15) is 19.1 Å². The zero-order chi connectivity index (χ0) is 38.3. The van der Waals surface area contributed by atoms with Gasteiger partial charge in [0, 0.05) is 6.61 Å². The third kappa shape index (κ3) is 16.5. The Hall–Kier alpha value is -2.95. The molecule has 1 aromatic carbocycles. The Morgan fingerprint density at radius 1 is 1.00 bits per heavy atom. The van der Waals surface area contributed by atoms with E-state index in [0.29, 0.717) is 36.3 Å². The Balaban J connectivity index is 0.00000372. The summed E-state index contributed by atoms with van der Waals surface area (Å²) in [4.78, 5) is 14.5. The highest BCUT2D eigenvalue weighted by Gasteiger charge is 2.32. The SMILES string of the molecule is CC.CCCCCCCCCCCCCCCOCC(COP(=O)(O)OCC1CCC(c2ccc3c(N)ncnn23)O1)OCc1cc(F)cc(C#N)c1. The van der Waals surface area contributed by atoms with Crippen LogP contribution in [-0.4, -0.2) is 58.1 Å². The molecule has 0 amide bonds. The van der Waals surface area contributed by atoms with Gasteiger partial charge in [0.2, 0.25) is 0 Å². The van der Waals surface area contributed by atoms with Crippen LogP contribution in [0.2, 0.25) is 0 Å². The van der Waals surface area contributed by atoms with Crippen molar-refractivity contribution in [1.29, 1.82) is 5.26 Å². The number of hydrogen-bond donors (Lipinski definition) is 2. The number of aromatic nitrogens is 3. The molecule has 0 aliphatic carbocycles. The summed E-state index contributed by atoms with van der Waals surface area (Å²) in [6, 6.07) is 9.58. The Morgan fingerprint density at radius 3 is 2.36 bits per heavy atom. The summed E-state index contributed by atoms with van der Waals surface area (Å²) < 4.78 is 57.0. The maximum atomic E-state index is 14.0. The number of nitrogens with zero attached hydrogens (tertiary/aromatic N) is 4. The molecule has 0 spiro atoms. The first-order valence-corrected chi connectivity index (χ1v) is 21.0. The first kappa shape index (κ1) is 44.4. The first-order valence-electron chi connectivity index (χ1n) is 19.5. The van der Waals surface area contributed by atoms with Gasteiger partial charge in [0.25, 0.3) is 0 Å². The second-order valence-electron chi connectivity index (χ2n) is 13.3. The molecule has 0 radical (unpaired) electrons. The van der Waals surface area contributed by atoms with Crippen molar-refractivity contribution >= 4 is 19.2 Å². The minimum Gasteiger partial charge on any atom is -0.382 e. The van der Waals surface area contributed by atoms with E-state index in [1.807, 2.05) is 32.0 Å². The van der Waals surface area contributed by atoms with Crippen molar-refractivity contribution in [2.24, 2.45) is 0 Å². The van der Waals surface area contributed by atoms with Crippen LogP contribution < -0.4 is 5.73 Å². The minimum absolute atomic E-state index is 0.0402. The fourth-order valence-corrected chi connectivity index (χ4v) is 7.03. The molecule has 14 heteroatoms. The van der Waals surface area contributed by atoms with Gasteiger partial charge in [-0.1, -0.05) is 97.8 Å². The van der Waals surface area contributed by atoms with E-state index < -0.39 is 25.8 Å². The lowest BCUT2D eigenvalue weighted by atomic mass is 10.0. The zero-order valence-electron chi connectivity index (χ0n) is 31.9. The number of nitrogen functional groups attached to an aromatic ring is 1. The van der Waals surface area contributed by atoms with Crippen LogP contribution in [-0.2, 0) is 34.4 Å². The zero-order valence-corrected chi connectivity index (χ0v) is 32.8. The second kappa shape index (κ2) is 25.2. The molecule has 4 atom stereocenters. The van der Waals surface area contributed by atoms with Crippen LogP contribution in [0.25, 0.3) is 5.52 Å². The maximum Gasteiger partial charge on any atom is 0.472 e. The number of phosphoric acid groups is 1. The summed E-state index contributed by atoms with van der Waals surface area (Å²) in [7, 11) is -4.48. The van der Waals surface area contributed by atoms with E-state index in [1.165, 1.54) is 82.7 Å². The molecule has 0 bridgehead atoms. The van der Waals surface area contributed by atoms with E-state index in [0.717, 1.165) is 31.0 Å². The van der Waals surface area contributed by atoms with Gasteiger partial charge in [-0.25, -0.2) is 18.5 Å². The Kier molecular flexibility index (Phi) is 21.1. The lowest BCUT2D eigenvalue weighted by Gasteiger charge is -2.21. The predicted octanol–water partition coefficient (Wildman–Crippen LogP) is 9.40. The molecule has 1 saturated heterocycles. The summed E-state index contributed by atoms with van der Waals surface area (Å²) >= 11 is 0. The van der Waals surface area contributed by atoms with Gasteiger partial charge in [-0.2, -0.15) is 10.4 Å². The lowest BCUT2D eigenvalue weighted by molar-refractivity contribution is -0.0529. The van der Waals surface area contributed by atoms with Crippen molar-refractivity contribution < 1.29 is 37.1 Å². The highest BCUT2D eigenvalue weighted by molar-refractivity contribution is 7.47. The van der Waals surface area contributed by atoms with Crippen LogP contribution >= 0.6 is 7.82 Å². The van der Waals surface area contributed by atoms with Gasteiger partial charge in [-0.05, 0) is 55.2 Å². The van der Waals surface area contributed by atoms with Gasteiger partial charge in [0.15, 0.2) is 5.82 Å². The quantitative estimate of drug-likeness (QED) is 0.0592. The van der Waals surface area contributed by atoms with Gasteiger partial charge in [-0.3, -0.25) is 9.05 Å². The standard InChI is InChI=1S/C37H55FN5O7P.C2H6/c1-2-3-4-5-6-7-8-9-10-11-12-13-14-19-46-25-33(47-24-30-20-29(23-39)21-31(38)22-30)27-49-51(44,45)48-26-32-15-18-36(50-32)34-16-17-35-37(40)41-28-42-43(34)35;1-2/h16-17,20-22,28,32-33,36H,2-15,18-19,24-27H2,1H3,(H,44,45)(H2,40,41,42);1-2H3. The minimum atomic E-state index is -4.48. The molecule has 4 unspecified atom stereocenters. The predicted molar refractivity (Wildman–Crippen MR) is 204 cm³/mol. The molecule has 1 aliphatic rings. The number of nitriles is 1. The van der Waals surface area contributed by atoms with Crippen LogP contribution in [0.4, 0.5) is 10.2 Å². The fourth-order valence-electron chi connectivity index (χ4n) is 6.25. The largest absolute Gasteiger partial charge is 0.472 e. The third-order valence-electron chi connectivity index (χ3n) is 9.06. The molecule has 12 nitrogen and oxygen atoms in total. The van der Waals surface area contributed by atoms with E-state index in [-0.39, 0.29) is 38.1 Å². The first-order chi connectivity index (χ1) is 25.8. The highest BCUT2D eigenvalue weighted by Crippen LogP contribution is 2.45. The molecule has 53 heavy (non-hydrogen) atoms. The average molecular weight is 762 g/mol. The molecule has 4 rings (SSSR count). The molecule has 296 valence electrons. The molecule has 3 heterocycles. The number of anilines is 1. The van der Waals surface area contributed by atoms with Crippen molar-refractivity contribution in [2.45, 2.75) is 142 Å². The number of rotatable bonds is 26. The van der Waals surface area contributed by atoms with E-state index in [2.05, 4.69) is 17.0 Å². The van der Waals surface area contributed by atoms with Crippen LogP contribution in [0.5, 0.6) is 0 Å². The van der Waals surface area contributed by atoms with E-state index >= 15 is 0 Å². The molecule has 3 aromatic rings. The monoisotopic (exact) mass is 761 g/mol. The topological polar surface area (TPSA) is 163 Å². The van der Waals surface area contributed by atoms with Crippen molar-refractivity contribution in [3.63, 3.8) is 0 Å². The van der Waals surface area contributed by atoms with E-state index in [4.69, 9.17) is 29.0 Å². The summed E-state index contributed by atoms with van der Waals surface area (Å²) in [6.07, 6.45) is 17.5. The third-order valence-corrected chi connectivity index (χ3v) is 10.0. The molecule has 2 aromatic heterocycles. The van der Waals surface area contributed by atoms with Crippen LogP contribution in [0, 0.1) is 17.1 Å². The summed E-state index contributed by atoms with van der Waals surface area (Å²) in [5.74, 6) is -0.186. The van der Waals surface area contributed by atoms with Crippen molar-refractivity contribution in [2.75, 3.05) is 32.2 Å². The highest BCUT2D eigenvalue weighted by atomic mass is 31.2. The molecular weight excluding hydrogens is 700 g/mol. The number of benzene rings is 1. The Labute approximate surface area is 315 Å². The van der Waals surface area contributed by atoms with E-state index in [1.54, 1.807) is 4.52 Å². The summed E-state index contributed by atoms with van der Waals surface area (Å²) in [5, 5.41) is 13.5. The van der Waals surface area contributed by atoms with Crippen LogP contribution in [0.15, 0.2) is 36.7 Å². The summed E-state index contributed by atoms with van der Waals surface area (Å²) in [6.45, 7) is 6.38. The summed E-state index contributed by atoms with van der Waals surface area (Å²) in [5.41, 5.74) is 8.06. The lowest BCUT2D eigenvalue weighted by Crippen LogP contribution is -2.26. The van der Waals surface area contributed by atoms with Gasteiger partial charge in [0.05, 0.1) is 49.9 Å². The number of unbranched alkanes of at least 4 members (excludes halogenated alkanes) is 12. The van der Waals surface area contributed by atoms with Gasteiger partial charge in [-0.15, -0.1) is 0 Å². The molecule has 0 saturated carbocycles. The van der Waals surface area contributed by atoms with Crippen molar-refractivity contribution in [1.82, 2.24) is 14.6 Å². The maximum absolute atomic E-state index is 14.0. The normalized spacial score (nSPS) is 17.3. The van der Waals surface area contributed by atoms with Crippen LogP contribution in [0.1, 0.15) is 140 Å². The Morgan fingerprint density at radius 2 is 1.68 bits per heavy atom. The molecule has 1 fully saturated rings. The number of halogens is 1. The number of nitrogens with two attached hydrogens (primary N) is 1. The number of ether oxygens (including phenoxy) is 3. The second-order valence-corrected chi connectivity index (χ2v) is 14.7. The number of phosphoric ester groups is 1. The number of fused-ring (bicyclic) bond motifs is 1. The Bertz CT molecular complexity index is 1550.